The van der Waals surface area contributed by atoms with E-state index in [2.05, 4.69) is 11.1 Å². The number of nitrogens with zero attached hydrogens (tertiary/aromatic N) is 3. The number of carbonyl (C=O) groups excluding carboxylic acids is 1. The van der Waals surface area contributed by atoms with Crippen LogP contribution in [-0.2, 0) is 6.54 Å². The molecule has 0 aliphatic rings. The van der Waals surface area contributed by atoms with Crippen LogP contribution in [0.5, 0.6) is 5.88 Å². The summed E-state index contributed by atoms with van der Waals surface area (Å²) in [4.78, 5) is 15.4. The summed E-state index contributed by atoms with van der Waals surface area (Å²) in [5, 5.41) is 10.1. The highest BCUT2D eigenvalue weighted by atomic mass is 16.5. The Morgan fingerprint density at radius 2 is 2.14 bits per heavy atom. The number of fused-ring (bicyclic) bond motifs is 1. The number of nitriles is 1. The van der Waals surface area contributed by atoms with E-state index in [1.54, 1.807) is 12.4 Å². The van der Waals surface area contributed by atoms with Gasteiger partial charge in [-0.05, 0) is 5.56 Å². The average molecular weight is 291 g/mol. The number of carbonyl (C=O) groups is 1. The molecule has 0 fully saturated rings. The van der Waals surface area contributed by atoms with Crippen LogP contribution in [0.25, 0.3) is 10.9 Å². The third-order valence-corrected chi connectivity index (χ3v) is 3.54. The third kappa shape index (κ3) is 2.21. The van der Waals surface area contributed by atoms with Gasteiger partial charge in [-0.15, -0.1) is 0 Å². The second-order valence-electron chi connectivity index (χ2n) is 4.83. The molecule has 0 saturated carbocycles. The molecule has 0 N–H and O–H groups in total. The number of methoxy groups -OCH3 is 1. The van der Waals surface area contributed by atoms with Gasteiger partial charge in [-0.2, -0.15) is 5.26 Å². The van der Waals surface area contributed by atoms with Gasteiger partial charge in [0, 0.05) is 29.9 Å². The minimum Gasteiger partial charge on any atom is -0.480 e. The first-order chi connectivity index (χ1) is 10.8. The van der Waals surface area contributed by atoms with Crippen molar-refractivity contribution in [2.75, 3.05) is 7.11 Å². The van der Waals surface area contributed by atoms with E-state index in [0.29, 0.717) is 28.6 Å². The topological polar surface area (TPSA) is 67.9 Å². The number of benzene rings is 1. The normalized spacial score (nSPS) is 10.4. The minimum atomic E-state index is 0.264. The lowest BCUT2D eigenvalue weighted by molar-refractivity contribution is 0.112. The third-order valence-electron chi connectivity index (χ3n) is 3.54. The Balaban J connectivity index is 2.25. The molecular weight excluding hydrogens is 278 g/mol. The highest BCUT2D eigenvalue weighted by molar-refractivity contribution is 6.00. The van der Waals surface area contributed by atoms with E-state index in [0.717, 1.165) is 11.8 Å². The molecule has 1 aromatic carbocycles. The molecule has 5 nitrogen and oxygen atoms in total. The van der Waals surface area contributed by atoms with Gasteiger partial charge in [-0.25, -0.2) is 4.98 Å². The Hall–Kier alpha value is -3.13. The Morgan fingerprint density at radius 3 is 2.77 bits per heavy atom. The van der Waals surface area contributed by atoms with E-state index < -0.39 is 0 Å². The van der Waals surface area contributed by atoms with E-state index in [1.807, 2.05) is 34.9 Å². The SMILES string of the molecule is COc1ncc2c(C=O)cn(Cc3ccccc3)c2c1C#N. The van der Waals surface area contributed by atoms with Gasteiger partial charge in [0.25, 0.3) is 0 Å². The number of hydrogen-bond donors (Lipinski definition) is 0. The molecule has 0 saturated heterocycles. The van der Waals surface area contributed by atoms with Crippen LogP contribution in [-0.4, -0.2) is 22.9 Å². The predicted molar refractivity (Wildman–Crippen MR) is 81.9 cm³/mol. The van der Waals surface area contributed by atoms with Crippen molar-refractivity contribution >= 4 is 17.2 Å². The summed E-state index contributed by atoms with van der Waals surface area (Å²) >= 11 is 0. The largest absolute Gasteiger partial charge is 0.480 e. The van der Waals surface area contributed by atoms with Gasteiger partial charge in [0.1, 0.15) is 11.6 Å². The lowest BCUT2D eigenvalue weighted by atomic mass is 10.1. The molecule has 0 spiro atoms. The van der Waals surface area contributed by atoms with E-state index >= 15 is 0 Å². The second kappa shape index (κ2) is 5.70. The van der Waals surface area contributed by atoms with Crippen LogP contribution in [0.3, 0.4) is 0 Å². The molecule has 3 rings (SSSR count). The Kier molecular flexibility index (Phi) is 3.58. The summed E-state index contributed by atoms with van der Waals surface area (Å²) in [7, 11) is 1.47. The van der Waals surface area contributed by atoms with Crippen molar-refractivity contribution in [2.45, 2.75) is 6.54 Å². The molecule has 108 valence electrons. The van der Waals surface area contributed by atoms with E-state index in [-0.39, 0.29) is 5.88 Å². The monoisotopic (exact) mass is 291 g/mol. The van der Waals surface area contributed by atoms with E-state index in [1.165, 1.54) is 7.11 Å². The van der Waals surface area contributed by atoms with Crippen LogP contribution < -0.4 is 4.74 Å². The molecule has 0 radical (unpaired) electrons. The maximum atomic E-state index is 11.3. The first kappa shape index (κ1) is 13.8. The van der Waals surface area contributed by atoms with Crippen molar-refractivity contribution < 1.29 is 9.53 Å². The van der Waals surface area contributed by atoms with Crippen molar-refractivity contribution in [1.29, 1.82) is 5.26 Å². The summed E-state index contributed by atoms with van der Waals surface area (Å²) in [5.41, 5.74) is 2.60. The predicted octanol–water partition coefficient (Wildman–Crippen LogP) is 2.78. The van der Waals surface area contributed by atoms with Gasteiger partial charge in [0.2, 0.25) is 5.88 Å². The number of rotatable bonds is 4. The number of aromatic nitrogens is 2. The summed E-state index contributed by atoms with van der Waals surface area (Å²) < 4.78 is 7.04. The molecule has 2 heterocycles. The fourth-order valence-electron chi connectivity index (χ4n) is 2.55. The molecule has 0 atom stereocenters. The molecule has 5 heteroatoms. The highest BCUT2D eigenvalue weighted by Gasteiger charge is 2.17. The minimum absolute atomic E-state index is 0.264. The van der Waals surface area contributed by atoms with Gasteiger partial charge in [0.05, 0.1) is 12.6 Å². The molecule has 3 aromatic rings. The highest BCUT2D eigenvalue weighted by Crippen LogP contribution is 2.28. The van der Waals surface area contributed by atoms with Crippen molar-refractivity contribution in [3.05, 3.63) is 59.4 Å². The maximum Gasteiger partial charge on any atom is 0.233 e. The van der Waals surface area contributed by atoms with Crippen LogP contribution in [0.4, 0.5) is 0 Å². The molecule has 22 heavy (non-hydrogen) atoms. The van der Waals surface area contributed by atoms with Crippen LogP contribution in [0.2, 0.25) is 0 Å². The van der Waals surface area contributed by atoms with Crippen LogP contribution in [0.1, 0.15) is 21.5 Å². The fourth-order valence-corrected chi connectivity index (χ4v) is 2.55. The lowest BCUT2D eigenvalue weighted by Gasteiger charge is -2.08. The quantitative estimate of drug-likeness (QED) is 0.693. The van der Waals surface area contributed by atoms with Crippen LogP contribution in [0, 0.1) is 11.3 Å². The summed E-state index contributed by atoms with van der Waals surface area (Å²) in [6.07, 6.45) is 4.09. The summed E-state index contributed by atoms with van der Waals surface area (Å²) in [6.45, 7) is 0.563. The Labute approximate surface area is 127 Å². The fraction of sp³-hybridized carbons (Fsp3) is 0.118. The van der Waals surface area contributed by atoms with Crippen molar-refractivity contribution in [2.24, 2.45) is 0 Å². The number of pyridine rings is 1. The molecule has 2 aromatic heterocycles. The van der Waals surface area contributed by atoms with Crippen molar-refractivity contribution in [1.82, 2.24) is 9.55 Å². The van der Waals surface area contributed by atoms with Gasteiger partial charge in [-0.1, -0.05) is 30.3 Å². The van der Waals surface area contributed by atoms with Crippen molar-refractivity contribution in [3.63, 3.8) is 0 Å². The first-order valence-electron chi connectivity index (χ1n) is 6.73. The zero-order valence-electron chi connectivity index (χ0n) is 12.0. The van der Waals surface area contributed by atoms with Crippen LogP contribution >= 0.6 is 0 Å². The Morgan fingerprint density at radius 1 is 1.36 bits per heavy atom. The van der Waals surface area contributed by atoms with E-state index in [4.69, 9.17) is 4.74 Å². The number of hydrogen-bond acceptors (Lipinski definition) is 4. The molecule has 0 aliphatic heterocycles. The zero-order chi connectivity index (χ0) is 15.5. The summed E-state index contributed by atoms with van der Waals surface area (Å²) in [6, 6.07) is 12.0. The van der Waals surface area contributed by atoms with Gasteiger partial charge >= 0.3 is 0 Å². The maximum absolute atomic E-state index is 11.3. The van der Waals surface area contributed by atoms with E-state index in [9.17, 15) is 10.1 Å². The van der Waals surface area contributed by atoms with Gasteiger partial charge in [0.15, 0.2) is 6.29 Å². The van der Waals surface area contributed by atoms with Gasteiger partial charge < -0.3 is 9.30 Å². The molecule has 0 aliphatic carbocycles. The number of ether oxygens (including phenoxy) is 1. The van der Waals surface area contributed by atoms with Crippen LogP contribution in [0.15, 0.2) is 42.7 Å². The standard InChI is InChI=1S/C17H13N3O2/c1-22-17-14(7-18)16-15(8-19-17)13(11-21)10-20(16)9-12-5-3-2-4-6-12/h2-6,8,10-11H,9H2,1H3. The van der Waals surface area contributed by atoms with Crippen molar-refractivity contribution in [3.8, 4) is 11.9 Å². The molecular formula is C17H13N3O2. The smallest absolute Gasteiger partial charge is 0.233 e. The molecule has 0 bridgehead atoms. The second-order valence-corrected chi connectivity index (χ2v) is 4.83. The lowest BCUT2D eigenvalue weighted by Crippen LogP contribution is -2.01. The Bertz CT molecular complexity index is 876. The zero-order valence-corrected chi connectivity index (χ0v) is 12.0. The average Bonchev–Trinajstić information content (AvgIpc) is 2.92. The molecule has 0 unspecified atom stereocenters. The van der Waals surface area contributed by atoms with Gasteiger partial charge in [-0.3, -0.25) is 4.79 Å². The summed E-state index contributed by atoms with van der Waals surface area (Å²) in [5.74, 6) is 0.264. The molecule has 0 amide bonds. The first-order valence-corrected chi connectivity index (χ1v) is 6.73. The number of aldehydes is 1.